The second-order valence-electron chi connectivity index (χ2n) is 6.03. The van der Waals surface area contributed by atoms with Gasteiger partial charge in [-0.05, 0) is 27.7 Å². The van der Waals surface area contributed by atoms with E-state index in [0.717, 1.165) is 6.54 Å². The standard InChI is InChI=1S/C14H27N3O3/c1-10(2)17(11(3)4)6-5-15-14(20)16-8-12(9-16)7-13(18)19/h10-12H,5-9H2,1-4H3,(H,15,20)(H,18,19). The number of amides is 2. The number of carboxylic acid groups (broad SMARTS) is 1. The Kier molecular flexibility index (Phi) is 6.26. The van der Waals surface area contributed by atoms with E-state index in [1.807, 2.05) is 0 Å². The Labute approximate surface area is 121 Å². The normalized spacial score (nSPS) is 15.8. The van der Waals surface area contributed by atoms with Crippen molar-refractivity contribution >= 4 is 12.0 Å². The van der Waals surface area contributed by atoms with E-state index in [4.69, 9.17) is 5.11 Å². The predicted molar refractivity (Wildman–Crippen MR) is 77.7 cm³/mol. The minimum absolute atomic E-state index is 0.0842. The molecule has 116 valence electrons. The molecule has 1 saturated heterocycles. The number of hydrogen-bond acceptors (Lipinski definition) is 3. The molecule has 6 nitrogen and oxygen atoms in total. The van der Waals surface area contributed by atoms with Crippen LogP contribution in [0, 0.1) is 5.92 Å². The van der Waals surface area contributed by atoms with Crippen LogP contribution in [-0.4, -0.2) is 65.2 Å². The monoisotopic (exact) mass is 285 g/mol. The maximum absolute atomic E-state index is 11.8. The van der Waals surface area contributed by atoms with Crippen molar-refractivity contribution in [1.29, 1.82) is 0 Å². The molecular formula is C14H27N3O3. The van der Waals surface area contributed by atoms with Crippen molar-refractivity contribution in [2.45, 2.75) is 46.2 Å². The van der Waals surface area contributed by atoms with Crippen molar-refractivity contribution < 1.29 is 14.7 Å². The smallest absolute Gasteiger partial charge is 0.317 e. The molecule has 6 heteroatoms. The molecule has 2 N–H and O–H groups in total. The molecule has 0 saturated carbocycles. The van der Waals surface area contributed by atoms with Crippen molar-refractivity contribution in [1.82, 2.24) is 15.1 Å². The van der Waals surface area contributed by atoms with Gasteiger partial charge < -0.3 is 15.3 Å². The fourth-order valence-electron chi connectivity index (χ4n) is 2.63. The number of rotatable bonds is 7. The summed E-state index contributed by atoms with van der Waals surface area (Å²) in [7, 11) is 0. The number of carbonyl (C=O) groups excluding carboxylic acids is 1. The van der Waals surface area contributed by atoms with Crippen LogP contribution in [-0.2, 0) is 4.79 Å². The highest BCUT2D eigenvalue weighted by atomic mass is 16.4. The first-order valence-corrected chi connectivity index (χ1v) is 7.31. The third-order valence-electron chi connectivity index (χ3n) is 3.68. The quantitative estimate of drug-likeness (QED) is 0.738. The molecule has 0 unspecified atom stereocenters. The summed E-state index contributed by atoms with van der Waals surface area (Å²) >= 11 is 0. The van der Waals surface area contributed by atoms with E-state index < -0.39 is 5.97 Å². The zero-order valence-electron chi connectivity index (χ0n) is 12.9. The first-order valence-electron chi connectivity index (χ1n) is 7.31. The van der Waals surface area contributed by atoms with Crippen LogP contribution >= 0.6 is 0 Å². The number of carboxylic acids is 1. The van der Waals surface area contributed by atoms with Gasteiger partial charge in [-0.3, -0.25) is 9.69 Å². The summed E-state index contributed by atoms with van der Waals surface area (Å²) in [5.41, 5.74) is 0. The van der Waals surface area contributed by atoms with Crippen LogP contribution in [0.2, 0.25) is 0 Å². The van der Waals surface area contributed by atoms with Gasteiger partial charge in [0.2, 0.25) is 0 Å². The van der Waals surface area contributed by atoms with Crippen LogP contribution in [0.25, 0.3) is 0 Å². The minimum Gasteiger partial charge on any atom is -0.481 e. The first kappa shape index (κ1) is 16.8. The number of aliphatic carboxylic acids is 1. The number of hydrogen-bond donors (Lipinski definition) is 2. The Morgan fingerprint density at radius 2 is 1.80 bits per heavy atom. The van der Waals surface area contributed by atoms with E-state index >= 15 is 0 Å². The fourth-order valence-corrected chi connectivity index (χ4v) is 2.63. The van der Waals surface area contributed by atoms with Crippen molar-refractivity contribution in [3.63, 3.8) is 0 Å². The number of likely N-dealkylation sites (tertiary alicyclic amines) is 1. The average Bonchev–Trinajstić information content (AvgIpc) is 2.27. The number of nitrogens with one attached hydrogen (secondary N) is 1. The molecule has 1 fully saturated rings. The van der Waals surface area contributed by atoms with E-state index in [1.165, 1.54) is 0 Å². The van der Waals surface area contributed by atoms with E-state index in [2.05, 4.69) is 37.9 Å². The van der Waals surface area contributed by atoms with Crippen LogP contribution < -0.4 is 5.32 Å². The lowest BCUT2D eigenvalue weighted by molar-refractivity contribution is -0.139. The minimum atomic E-state index is -0.792. The van der Waals surface area contributed by atoms with Gasteiger partial charge in [-0.25, -0.2) is 4.79 Å². The summed E-state index contributed by atoms with van der Waals surface area (Å²) in [5, 5.41) is 11.6. The summed E-state index contributed by atoms with van der Waals surface area (Å²) in [4.78, 5) is 26.3. The van der Waals surface area contributed by atoms with Crippen LogP contribution in [0.3, 0.4) is 0 Å². The molecule has 0 bridgehead atoms. The lowest BCUT2D eigenvalue weighted by atomic mass is 9.97. The Morgan fingerprint density at radius 1 is 1.25 bits per heavy atom. The number of carbonyl (C=O) groups is 2. The Morgan fingerprint density at radius 3 is 2.25 bits per heavy atom. The highest BCUT2D eigenvalue weighted by Crippen LogP contribution is 2.18. The molecule has 1 aliphatic heterocycles. The fraction of sp³-hybridized carbons (Fsp3) is 0.857. The second-order valence-corrected chi connectivity index (χ2v) is 6.03. The molecule has 0 atom stereocenters. The molecule has 2 amide bonds. The van der Waals surface area contributed by atoms with Gasteiger partial charge in [-0.15, -0.1) is 0 Å². The topological polar surface area (TPSA) is 72.9 Å². The van der Waals surface area contributed by atoms with Gasteiger partial charge in [0.25, 0.3) is 0 Å². The van der Waals surface area contributed by atoms with Crippen LogP contribution in [0.1, 0.15) is 34.1 Å². The summed E-state index contributed by atoms with van der Waals surface area (Å²) in [6.07, 6.45) is 0.151. The molecule has 1 heterocycles. The van der Waals surface area contributed by atoms with Gasteiger partial charge in [0.05, 0.1) is 6.42 Å². The number of urea groups is 1. The molecule has 0 radical (unpaired) electrons. The Bertz CT molecular complexity index is 331. The highest BCUT2D eigenvalue weighted by Gasteiger charge is 2.31. The predicted octanol–water partition coefficient (Wildman–Crippen LogP) is 1.22. The Balaban J connectivity index is 2.20. The first-order chi connectivity index (χ1) is 9.31. The van der Waals surface area contributed by atoms with Crippen LogP contribution in [0.4, 0.5) is 4.79 Å². The SMILES string of the molecule is CC(C)N(CCNC(=O)N1CC(CC(=O)O)C1)C(C)C. The molecule has 1 aliphatic rings. The van der Waals surface area contributed by atoms with Gasteiger partial charge in [-0.1, -0.05) is 0 Å². The summed E-state index contributed by atoms with van der Waals surface area (Å²) in [6.45, 7) is 11.1. The Hall–Kier alpha value is -1.30. The lowest BCUT2D eigenvalue weighted by Gasteiger charge is -2.38. The van der Waals surface area contributed by atoms with Crippen LogP contribution in [0.5, 0.6) is 0 Å². The zero-order chi connectivity index (χ0) is 15.3. The second kappa shape index (κ2) is 7.47. The van der Waals surface area contributed by atoms with Crippen molar-refractivity contribution in [3.05, 3.63) is 0 Å². The molecule has 0 aromatic heterocycles. The maximum atomic E-state index is 11.8. The molecule has 1 rings (SSSR count). The molecule has 0 aromatic carbocycles. The van der Waals surface area contributed by atoms with Crippen molar-refractivity contribution in [2.24, 2.45) is 5.92 Å². The highest BCUT2D eigenvalue weighted by molar-refractivity contribution is 5.75. The molecule has 0 aromatic rings. The summed E-state index contributed by atoms with van der Waals surface area (Å²) < 4.78 is 0. The summed E-state index contributed by atoms with van der Waals surface area (Å²) in [6, 6.07) is 0.825. The van der Waals surface area contributed by atoms with Crippen molar-refractivity contribution in [3.8, 4) is 0 Å². The van der Waals surface area contributed by atoms with E-state index in [1.54, 1.807) is 4.90 Å². The van der Waals surface area contributed by atoms with Crippen molar-refractivity contribution in [2.75, 3.05) is 26.2 Å². The molecule has 0 spiro atoms. The molecular weight excluding hydrogens is 258 g/mol. The summed E-state index contributed by atoms with van der Waals surface area (Å²) in [5.74, 6) is -0.680. The largest absolute Gasteiger partial charge is 0.481 e. The van der Waals surface area contributed by atoms with Gasteiger partial charge in [-0.2, -0.15) is 0 Å². The van der Waals surface area contributed by atoms with E-state index in [0.29, 0.717) is 31.7 Å². The van der Waals surface area contributed by atoms with E-state index in [9.17, 15) is 9.59 Å². The van der Waals surface area contributed by atoms with Crippen LogP contribution in [0.15, 0.2) is 0 Å². The number of nitrogens with zero attached hydrogens (tertiary/aromatic N) is 2. The van der Waals surface area contributed by atoms with Gasteiger partial charge in [0.15, 0.2) is 0 Å². The average molecular weight is 285 g/mol. The van der Waals surface area contributed by atoms with E-state index in [-0.39, 0.29) is 18.4 Å². The molecule has 0 aliphatic carbocycles. The third kappa shape index (κ3) is 5.00. The lowest BCUT2D eigenvalue weighted by Crippen LogP contribution is -2.55. The maximum Gasteiger partial charge on any atom is 0.317 e. The molecule has 20 heavy (non-hydrogen) atoms. The third-order valence-corrected chi connectivity index (χ3v) is 3.68. The van der Waals surface area contributed by atoms with Gasteiger partial charge in [0, 0.05) is 44.2 Å². The van der Waals surface area contributed by atoms with Gasteiger partial charge in [0.1, 0.15) is 0 Å². The van der Waals surface area contributed by atoms with Gasteiger partial charge >= 0.3 is 12.0 Å². The zero-order valence-corrected chi connectivity index (χ0v) is 12.9.